The lowest BCUT2D eigenvalue weighted by Crippen LogP contribution is -2.14. The first-order chi connectivity index (χ1) is 13.1. The monoisotopic (exact) mass is 381 g/mol. The van der Waals surface area contributed by atoms with Gasteiger partial charge in [0.15, 0.2) is 5.16 Å². The molecular weight excluding hydrogens is 358 g/mol. The van der Waals surface area contributed by atoms with E-state index in [0.717, 1.165) is 16.4 Å². The molecule has 2 N–H and O–H groups in total. The summed E-state index contributed by atoms with van der Waals surface area (Å²) in [5.74, 6) is 0.633. The Morgan fingerprint density at radius 1 is 1.22 bits per heavy atom. The number of amides is 1. The van der Waals surface area contributed by atoms with Gasteiger partial charge in [0.05, 0.1) is 12.4 Å². The third-order valence-corrected chi connectivity index (χ3v) is 5.14. The smallest absolute Gasteiger partial charge is 0.234 e. The molecule has 0 aliphatic heterocycles. The summed E-state index contributed by atoms with van der Waals surface area (Å²) < 4.78 is 1.98. The number of nitrogens with one attached hydrogen (secondary N) is 1. The number of aliphatic hydroxyl groups excluding tert-OH is 1. The van der Waals surface area contributed by atoms with E-state index in [1.54, 1.807) is 18.3 Å². The van der Waals surface area contributed by atoms with Gasteiger partial charge in [0.1, 0.15) is 0 Å². The van der Waals surface area contributed by atoms with Crippen LogP contribution < -0.4 is 5.32 Å². The lowest BCUT2D eigenvalue weighted by Gasteiger charge is -2.10. The number of thioether (sulfide) groups is 1. The molecule has 0 spiro atoms. The number of aliphatic hydroxyl groups is 1. The van der Waals surface area contributed by atoms with Crippen molar-refractivity contribution in [3.8, 4) is 5.69 Å². The number of benzene rings is 2. The van der Waals surface area contributed by atoms with Crippen molar-refractivity contribution in [1.29, 1.82) is 0 Å². The third kappa shape index (κ3) is 4.99. The highest BCUT2D eigenvalue weighted by Crippen LogP contribution is 2.23. The zero-order valence-corrected chi connectivity index (χ0v) is 16.2. The molecule has 0 bridgehead atoms. The highest BCUT2D eigenvalue weighted by Gasteiger charge is 2.10. The van der Waals surface area contributed by atoms with E-state index in [1.165, 1.54) is 17.3 Å². The Bertz CT molecular complexity index is 904. The summed E-state index contributed by atoms with van der Waals surface area (Å²) in [5.41, 5.74) is 3.76. The van der Waals surface area contributed by atoms with Crippen LogP contribution in [0.1, 0.15) is 30.9 Å². The van der Waals surface area contributed by atoms with E-state index in [1.807, 2.05) is 22.9 Å². The molecule has 0 fully saturated rings. The van der Waals surface area contributed by atoms with Crippen LogP contribution in [0.15, 0.2) is 66.1 Å². The first-order valence-electron chi connectivity index (χ1n) is 8.83. The zero-order valence-electron chi connectivity index (χ0n) is 15.4. The molecule has 3 aromatic rings. The van der Waals surface area contributed by atoms with Crippen LogP contribution >= 0.6 is 11.8 Å². The van der Waals surface area contributed by atoms with E-state index in [9.17, 15) is 9.90 Å². The van der Waals surface area contributed by atoms with Gasteiger partial charge in [-0.25, -0.2) is 4.98 Å². The molecule has 2 aromatic carbocycles. The van der Waals surface area contributed by atoms with E-state index in [4.69, 9.17) is 0 Å². The van der Waals surface area contributed by atoms with Crippen molar-refractivity contribution in [3.63, 3.8) is 0 Å². The minimum absolute atomic E-state index is 0.0501. The number of hydrogen-bond acceptors (Lipinski definition) is 4. The number of nitrogens with zero attached hydrogens (tertiary/aromatic N) is 2. The Kier molecular flexibility index (Phi) is 6.32. The van der Waals surface area contributed by atoms with Crippen LogP contribution in [0.4, 0.5) is 5.69 Å². The molecule has 1 aromatic heterocycles. The number of carbonyl (C=O) groups excluding carboxylic acids is 1. The van der Waals surface area contributed by atoms with Crippen LogP contribution in [-0.4, -0.2) is 26.3 Å². The predicted molar refractivity (Wildman–Crippen MR) is 109 cm³/mol. The summed E-state index contributed by atoms with van der Waals surface area (Å²) in [4.78, 5) is 16.6. The molecule has 0 unspecified atom stereocenters. The fourth-order valence-corrected chi connectivity index (χ4v) is 3.46. The fourth-order valence-electron chi connectivity index (χ4n) is 2.69. The topological polar surface area (TPSA) is 67.2 Å². The number of imidazole rings is 1. The van der Waals surface area contributed by atoms with Gasteiger partial charge in [0.25, 0.3) is 0 Å². The average molecular weight is 382 g/mol. The van der Waals surface area contributed by atoms with Gasteiger partial charge >= 0.3 is 0 Å². The summed E-state index contributed by atoms with van der Waals surface area (Å²) >= 11 is 1.39. The molecule has 0 saturated carbocycles. The number of hydrogen-bond donors (Lipinski definition) is 2. The summed E-state index contributed by atoms with van der Waals surface area (Å²) in [6.45, 7) is 4.29. The SMILES string of the molecule is CC(C)c1ccc(-n2ccnc2SCC(=O)Nc2cccc(CO)c2)cc1. The van der Waals surface area contributed by atoms with Crippen molar-refractivity contribution < 1.29 is 9.90 Å². The quantitative estimate of drug-likeness (QED) is 0.602. The molecule has 0 aliphatic rings. The Labute approximate surface area is 163 Å². The van der Waals surface area contributed by atoms with Crippen LogP contribution in [-0.2, 0) is 11.4 Å². The number of anilines is 1. The maximum Gasteiger partial charge on any atom is 0.234 e. The van der Waals surface area contributed by atoms with Gasteiger partial charge in [-0.05, 0) is 41.3 Å². The highest BCUT2D eigenvalue weighted by atomic mass is 32.2. The molecule has 0 aliphatic carbocycles. The van der Waals surface area contributed by atoms with Crippen LogP contribution in [0, 0.1) is 0 Å². The Morgan fingerprint density at radius 3 is 2.70 bits per heavy atom. The van der Waals surface area contributed by atoms with Crippen LogP contribution in [0.3, 0.4) is 0 Å². The third-order valence-electron chi connectivity index (χ3n) is 4.17. The molecule has 5 nitrogen and oxygen atoms in total. The molecule has 1 amide bonds. The zero-order chi connectivity index (χ0) is 19.2. The number of rotatable bonds is 7. The van der Waals surface area contributed by atoms with Crippen molar-refractivity contribution >= 4 is 23.4 Å². The van der Waals surface area contributed by atoms with Crippen molar-refractivity contribution in [2.45, 2.75) is 31.5 Å². The van der Waals surface area contributed by atoms with Crippen molar-refractivity contribution in [1.82, 2.24) is 9.55 Å². The van der Waals surface area contributed by atoms with Crippen LogP contribution in [0.25, 0.3) is 5.69 Å². The fraction of sp³-hybridized carbons (Fsp3) is 0.238. The number of aromatic nitrogens is 2. The Hall–Kier alpha value is -2.57. The van der Waals surface area contributed by atoms with Gasteiger partial charge in [-0.1, -0.05) is 49.9 Å². The summed E-state index contributed by atoms with van der Waals surface area (Å²) in [7, 11) is 0. The molecule has 0 atom stereocenters. The van der Waals surface area contributed by atoms with E-state index >= 15 is 0 Å². The van der Waals surface area contributed by atoms with Crippen molar-refractivity contribution in [2.75, 3.05) is 11.1 Å². The molecule has 1 heterocycles. The first kappa shape index (κ1) is 19.2. The van der Waals surface area contributed by atoms with Crippen LogP contribution in [0.5, 0.6) is 0 Å². The first-order valence-corrected chi connectivity index (χ1v) is 9.81. The van der Waals surface area contributed by atoms with E-state index in [-0.39, 0.29) is 18.3 Å². The van der Waals surface area contributed by atoms with E-state index in [2.05, 4.69) is 48.4 Å². The second kappa shape index (κ2) is 8.88. The van der Waals surface area contributed by atoms with E-state index < -0.39 is 0 Å². The van der Waals surface area contributed by atoms with E-state index in [0.29, 0.717) is 11.6 Å². The summed E-state index contributed by atoms with van der Waals surface area (Å²) in [5, 5.41) is 12.8. The minimum Gasteiger partial charge on any atom is -0.392 e. The van der Waals surface area contributed by atoms with Crippen molar-refractivity contribution in [3.05, 3.63) is 72.1 Å². The molecule has 0 saturated heterocycles. The molecule has 6 heteroatoms. The number of carbonyl (C=O) groups is 1. The molecule has 0 radical (unpaired) electrons. The van der Waals surface area contributed by atoms with Crippen molar-refractivity contribution in [2.24, 2.45) is 0 Å². The van der Waals surface area contributed by atoms with Gasteiger partial charge in [-0.15, -0.1) is 0 Å². The second-order valence-corrected chi connectivity index (χ2v) is 7.46. The largest absolute Gasteiger partial charge is 0.392 e. The standard InChI is InChI=1S/C21H23N3O2S/c1-15(2)17-6-8-19(9-7-17)24-11-10-22-21(24)27-14-20(26)23-18-5-3-4-16(12-18)13-25/h3-12,15,25H,13-14H2,1-2H3,(H,23,26). The Balaban J connectivity index is 1.63. The molecule has 3 rings (SSSR count). The minimum atomic E-state index is -0.111. The van der Waals surface area contributed by atoms with Gasteiger partial charge in [-0.3, -0.25) is 9.36 Å². The van der Waals surface area contributed by atoms with Crippen LogP contribution in [0.2, 0.25) is 0 Å². The summed E-state index contributed by atoms with van der Waals surface area (Å²) in [6.07, 6.45) is 3.64. The lowest BCUT2D eigenvalue weighted by atomic mass is 10.0. The Morgan fingerprint density at radius 2 is 2.00 bits per heavy atom. The lowest BCUT2D eigenvalue weighted by molar-refractivity contribution is -0.113. The predicted octanol–water partition coefficient (Wildman–Crippen LogP) is 4.22. The second-order valence-electron chi connectivity index (χ2n) is 6.52. The summed E-state index contributed by atoms with van der Waals surface area (Å²) in [6, 6.07) is 15.6. The normalized spacial score (nSPS) is 11.0. The molecule has 140 valence electrons. The van der Waals surface area contributed by atoms with Gasteiger partial charge < -0.3 is 10.4 Å². The van der Waals surface area contributed by atoms with Gasteiger partial charge in [-0.2, -0.15) is 0 Å². The van der Waals surface area contributed by atoms with Gasteiger partial charge in [0, 0.05) is 23.8 Å². The average Bonchev–Trinajstić information content (AvgIpc) is 3.15. The maximum atomic E-state index is 12.2. The molecule has 27 heavy (non-hydrogen) atoms. The van der Waals surface area contributed by atoms with Gasteiger partial charge in [0.2, 0.25) is 5.91 Å². The molecular formula is C21H23N3O2S. The maximum absolute atomic E-state index is 12.2. The highest BCUT2D eigenvalue weighted by molar-refractivity contribution is 7.99.